The molecule has 0 heterocycles. The molecule has 5 heteroatoms. The quantitative estimate of drug-likeness (QED) is 0.573. The summed E-state index contributed by atoms with van der Waals surface area (Å²) in [4.78, 5) is 22.3. The Balaban J connectivity index is 3.66. The molecule has 5 nitrogen and oxygen atoms in total. The molecule has 0 radical (unpaired) electrons. The number of unbranched alkanes of at least 4 members (excludes halogenated alkanes) is 1. The third-order valence-corrected chi connectivity index (χ3v) is 2.45. The number of esters is 2. The lowest BCUT2D eigenvalue weighted by molar-refractivity contribution is -0.154. The summed E-state index contributed by atoms with van der Waals surface area (Å²) in [5.41, 5.74) is 0. The lowest BCUT2D eigenvalue weighted by Crippen LogP contribution is -2.26. The van der Waals surface area contributed by atoms with Crippen molar-refractivity contribution in [1.82, 2.24) is 0 Å². The van der Waals surface area contributed by atoms with Gasteiger partial charge in [-0.05, 0) is 20.3 Å². The molecule has 2 atom stereocenters. The van der Waals surface area contributed by atoms with Crippen molar-refractivity contribution in [3.63, 3.8) is 0 Å². The Morgan fingerprint density at radius 1 is 1.00 bits per heavy atom. The number of rotatable bonds is 10. The SMILES string of the molecule is CCCCC(=O)OCC(C)OCC(C)OC(=O)CC. The van der Waals surface area contributed by atoms with Crippen LogP contribution in [0.15, 0.2) is 0 Å². The molecule has 0 amide bonds. The Morgan fingerprint density at radius 2 is 1.68 bits per heavy atom. The van der Waals surface area contributed by atoms with Gasteiger partial charge in [0.1, 0.15) is 12.7 Å². The first-order chi connectivity index (χ1) is 8.99. The van der Waals surface area contributed by atoms with Crippen molar-refractivity contribution in [3.05, 3.63) is 0 Å². The normalized spacial score (nSPS) is 13.7. The number of carbonyl (C=O) groups is 2. The monoisotopic (exact) mass is 274 g/mol. The summed E-state index contributed by atoms with van der Waals surface area (Å²) in [6.07, 6.45) is 2.14. The van der Waals surface area contributed by atoms with Crippen molar-refractivity contribution in [2.24, 2.45) is 0 Å². The van der Waals surface area contributed by atoms with Gasteiger partial charge in [-0.1, -0.05) is 20.3 Å². The van der Waals surface area contributed by atoms with Gasteiger partial charge in [0.25, 0.3) is 0 Å². The highest BCUT2D eigenvalue weighted by Gasteiger charge is 2.12. The van der Waals surface area contributed by atoms with Gasteiger partial charge in [0.15, 0.2) is 0 Å². The summed E-state index contributed by atoms with van der Waals surface area (Å²) in [5.74, 6) is -0.433. The van der Waals surface area contributed by atoms with Crippen LogP contribution in [0.4, 0.5) is 0 Å². The number of hydrogen-bond donors (Lipinski definition) is 0. The first kappa shape index (κ1) is 17.9. The van der Waals surface area contributed by atoms with Gasteiger partial charge in [-0.3, -0.25) is 9.59 Å². The van der Waals surface area contributed by atoms with Gasteiger partial charge in [-0.2, -0.15) is 0 Å². The van der Waals surface area contributed by atoms with E-state index in [1.54, 1.807) is 13.8 Å². The summed E-state index contributed by atoms with van der Waals surface area (Å²) in [6.45, 7) is 7.90. The standard InChI is InChI=1S/C14H26O5/c1-5-7-8-14(16)18-9-11(3)17-10-12(4)19-13(15)6-2/h11-12H,5-10H2,1-4H3. The zero-order valence-corrected chi connectivity index (χ0v) is 12.4. The van der Waals surface area contributed by atoms with Crippen LogP contribution < -0.4 is 0 Å². The van der Waals surface area contributed by atoms with E-state index in [4.69, 9.17) is 14.2 Å². The maximum Gasteiger partial charge on any atom is 0.305 e. The van der Waals surface area contributed by atoms with Crippen LogP contribution >= 0.6 is 0 Å². The van der Waals surface area contributed by atoms with Crippen LogP contribution in [0.5, 0.6) is 0 Å². The lowest BCUT2D eigenvalue weighted by atomic mass is 10.2. The summed E-state index contributed by atoms with van der Waals surface area (Å²) >= 11 is 0. The van der Waals surface area contributed by atoms with E-state index in [0.717, 1.165) is 12.8 Å². The number of ether oxygens (including phenoxy) is 3. The fraction of sp³-hybridized carbons (Fsp3) is 0.857. The van der Waals surface area contributed by atoms with Crippen molar-refractivity contribution in [2.75, 3.05) is 13.2 Å². The molecule has 0 rings (SSSR count). The topological polar surface area (TPSA) is 61.8 Å². The largest absolute Gasteiger partial charge is 0.463 e. The van der Waals surface area contributed by atoms with E-state index in [9.17, 15) is 9.59 Å². The lowest BCUT2D eigenvalue weighted by Gasteiger charge is -2.17. The third kappa shape index (κ3) is 10.5. The molecule has 19 heavy (non-hydrogen) atoms. The van der Waals surface area contributed by atoms with Crippen molar-refractivity contribution < 1.29 is 23.8 Å². The summed E-state index contributed by atoms with van der Waals surface area (Å²) < 4.78 is 15.6. The molecule has 112 valence electrons. The van der Waals surface area contributed by atoms with Crippen LogP contribution in [0, 0.1) is 0 Å². The average molecular weight is 274 g/mol. The fourth-order valence-electron chi connectivity index (χ4n) is 1.29. The second kappa shape index (κ2) is 10.8. The van der Waals surface area contributed by atoms with Crippen molar-refractivity contribution in [2.45, 2.75) is 65.6 Å². The third-order valence-electron chi connectivity index (χ3n) is 2.45. The minimum atomic E-state index is -0.286. The summed E-state index contributed by atoms with van der Waals surface area (Å²) in [6, 6.07) is 0. The van der Waals surface area contributed by atoms with E-state index in [0.29, 0.717) is 19.4 Å². The Morgan fingerprint density at radius 3 is 2.26 bits per heavy atom. The van der Waals surface area contributed by atoms with Crippen molar-refractivity contribution in [3.8, 4) is 0 Å². The Kier molecular flexibility index (Phi) is 10.2. The zero-order chi connectivity index (χ0) is 14.7. The minimum absolute atomic E-state index is 0.192. The molecular weight excluding hydrogens is 248 g/mol. The predicted molar refractivity (Wildman–Crippen MR) is 71.7 cm³/mol. The molecular formula is C14H26O5. The molecule has 0 spiro atoms. The Hall–Kier alpha value is -1.10. The van der Waals surface area contributed by atoms with Crippen LogP contribution in [0.2, 0.25) is 0 Å². The molecule has 0 saturated heterocycles. The first-order valence-corrected chi connectivity index (χ1v) is 6.96. The van der Waals surface area contributed by atoms with Crippen LogP contribution in [0.25, 0.3) is 0 Å². The van der Waals surface area contributed by atoms with Gasteiger partial charge in [0.05, 0.1) is 12.7 Å². The van der Waals surface area contributed by atoms with Gasteiger partial charge in [0, 0.05) is 12.8 Å². The molecule has 0 bridgehead atoms. The average Bonchev–Trinajstić information content (AvgIpc) is 2.40. The van der Waals surface area contributed by atoms with E-state index in [-0.39, 0.29) is 30.8 Å². The van der Waals surface area contributed by atoms with Crippen molar-refractivity contribution >= 4 is 11.9 Å². The molecule has 0 saturated carbocycles. The zero-order valence-electron chi connectivity index (χ0n) is 12.4. The highest BCUT2D eigenvalue weighted by Crippen LogP contribution is 2.01. The molecule has 2 unspecified atom stereocenters. The van der Waals surface area contributed by atoms with E-state index in [1.807, 2.05) is 13.8 Å². The first-order valence-electron chi connectivity index (χ1n) is 6.96. The van der Waals surface area contributed by atoms with Crippen LogP contribution in [0.1, 0.15) is 53.4 Å². The highest BCUT2D eigenvalue weighted by molar-refractivity contribution is 5.69. The van der Waals surface area contributed by atoms with Crippen LogP contribution in [0.3, 0.4) is 0 Å². The molecule has 0 fully saturated rings. The fourth-order valence-corrected chi connectivity index (χ4v) is 1.29. The van der Waals surface area contributed by atoms with Gasteiger partial charge in [-0.15, -0.1) is 0 Å². The van der Waals surface area contributed by atoms with E-state index in [2.05, 4.69) is 0 Å². The van der Waals surface area contributed by atoms with E-state index >= 15 is 0 Å². The highest BCUT2D eigenvalue weighted by atomic mass is 16.6. The van der Waals surface area contributed by atoms with Gasteiger partial charge in [-0.25, -0.2) is 0 Å². The molecule has 0 aliphatic carbocycles. The molecule has 0 N–H and O–H groups in total. The maximum absolute atomic E-state index is 11.3. The molecule has 0 aromatic heterocycles. The Labute approximate surface area is 115 Å². The van der Waals surface area contributed by atoms with Gasteiger partial charge in [0.2, 0.25) is 0 Å². The van der Waals surface area contributed by atoms with Gasteiger partial charge < -0.3 is 14.2 Å². The van der Waals surface area contributed by atoms with E-state index < -0.39 is 0 Å². The smallest absolute Gasteiger partial charge is 0.305 e. The summed E-state index contributed by atoms with van der Waals surface area (Å²) in [5, 5.41) is 0. The van der Waals surface area contributed by atoms with Crippen LogP contribution in [-0.4, -0.2) is 37.4 Å². The second-order valence-corrected chi connectivity index (χ2v) is 4.58. The second-order valence-electron chi connectivity index (χ2n) is 4.58. The minimum Gasteiger partial charge on any atom is -0.463 e. The maximum atomic E-state index is 11.3. The predicted octanol–water partition coefficient (Wildman–Crippen LogP) is 2.47. The number of hydrogen-bond acceptors (Lipinski definition) is 5. The van der Waals surface area contributed by atoms with Crippen molar-refractivity contribution in [1.29, 1.82) is 0 Å². The molecule has 0 aliphatic rings. The van der Waals surface area contributed by atoms with E-state index in [1.165, 1.54) is 0 Å². The van der Waals surface area contributed by atoms with Crippen LogP contribution in [-0.2, 0) is 23.8 Å². The number of carbonyl (C=O) groups excluding carboxylic acids is 2. The Bertz CT molecular complexity index is 265. The molecule has 0 aromatic carbocycles. The van der Waals surface area contributed by atoms with Gasteiger partial charge >= 0.3 is 11.9 Å². The molecule has 0 aromatic rings. The summed E-state index contributed by atoms with van der Waals surface area (Å²) in [7, 11) is 0. The molecule has 0 aliphatic heterocycles.